The van der Waals surface area contributed by atoms with Crippen LogP contribution in [0.4, 0.5) is 0 Å². The molecule has 1 saturated heterocycles. The van der Waals surface area contributed by atoms with Crippen molar-refractivity contribution in [1.29, 1.82) is 0 Å². The summed E-state index contributed by atoms with van der Waals surface area (Å²) in [5.74, 6) is 2.88. The van der Waals surface area contributed by atoms with Crippen LogP contribution in [0.25, 0.3) is 0 Å². The van der Waals surface area contributed by atoms with E-state index in [1.165, 1.54) is 11.3 Å². The SMILES string of the molecule is CN=C(NCC(c1cnn(C)c1)N(C)C)N1CCSC(C(C)C)C1. The molecule has 1 aliphatic heterocycles. The van der Waals surface area contributed by atoms with Crippen molar-refractivity contribution in [2.24, 2.45) is 18.0 Å². The van der Waals surface area contributed by atoms with Crippen LogP contribution in [0.2, 0.25) is 0 Å². The summed E-state index contributed by atoms with van der Waals surface area (Å²) < 4.78 is 1.86. The van der Waals surface area contributed by atoms with Gasteiger partial charge in [-0.05, 0) is 20.0 Å². The maximum Gasteiger partial charge on any atom is 0.193 e. The molecule has 0 aliphatic carbocycles. The summed E-state index contributed by atoms with van der Waals surface area (Å²) in [6, 6.07) is 0.274. The lowest BCUT2D eigenvalue weighted by Crippen LogP contribution is -2.50. The van der Waals surface area contributed by atoms with Gasteiger partial charge >= 0.3 is 0 Å². The summed E-state index contributed by atoms with van der Waals surface area (Å²) in [7, 11) is 8.05. The van der Waals surface area contributed by atoms with E-state index in [0.29, 0.717) is 11.2 Å². The van der Waals surface area contributed by atoms with E-state index in [0.717, 1.165) is 25.6 Å². The van der Waals surface area contributed by atoms with Gasteiger partial charge in [-0.2, -0.15) is 16.9 Å². The molecule has 2 rings (SSSR count). The Bertz CT molecular complexity index is 539. The Labute approximate surface area is 150 Å². The zero-order chi connectivity index (χ0) is 17.7. The highest BCUT2D eigenvalue weighted by Crippen LogP contribution is 2.25. The number of nitrogens with one attached hydrogen (secondary N) is 1. The van der Waals surface area contributed by atoms with Crippen molar-refractivity contribution in [2.45, 2.75) is 25.1 Å². The van der Waals surface area contributed by atoms with E-state index in [1.807, 2.05) is 25.0 Å². The Morgan fingerprint density at radius 2 is 2.25 bits per heavy atom. The molecule has 24 heavy (non-hydrogen) atoms. The molecule has 0 bridgehead atoms. The molecule has 0 amide bonds. The summed E-state index contributed by atoms with van der Waals surface area (Å²) >= 11 is 2.09. The van der Waals surface area contributed by atoms with Gasteiger partial charge in [0.15, 0.2) is 5.96 Å². The van der Waals surface area contributed by atoms with Crippen molar-refractivity contribution in [3.8, 4) is 0 Å². The van der Waals surface area contributed by atoms with Gasteiger partial charge in [0.25, 0.3) is 0 Å². The second kappa shape index (κ2) is 8.76. The van der Waals surface area contributed by atoms with E-state index in [4.69, 9.17) is 0 Å². The summed E-state index contributed by atoms with van der Waals surface area (Å²) in [5.41, 5.74) is 1.22. The minimum atomic E-state index is 0.274. The Morgan fingerprint density at radius 1 is 1.50 bits per heavy atom. The van der Waals surface area contributed by atoms with Gasteiger partial charge < -0.3 is 15.1 Å². The summed E-state index contributed by atoms with van der Waals surface area (Å²) in [6.07, 6.45) is 4.03. The molecule has 136 valence electrons. The van der Waals surface area contributed by atoms with Gasteiger partial charge in [0.05, 0.1) is 12.2 Å². The third-order valence-electron chi connectivity index (χ3n) is 4.53. The number of aromatic nitrogens is 2. The van der Waals surface area contributed by atoms with E-state index in [2.05, 4.69) is 71.1 Å². The van der Waals surface area contributed by atoms with Crippen LogP contribution in [0.15, 0.2) is 17.4 Å². The van der Waals surface area contributed by atoms with Crippen LogP contribution in [0.3, 0.4) is 0 Å². The molecular formula is C17H32N6S. The first-order valence-electron chi connectivity index (χ1n) is 8.64. The third kappa shape index (κ3) is 4.89. The highest BCUT2D eigenvalue weighted by Gasteiger charge is 2.25. The number of aliphatic imine (C=N–C) groups is 1. The van der Waals surface area contributed by atoms with E-state index >= 15 is 0 Å². The molecule has 0 aromatic carbocycles. The van der Waals surface area contributed by atoms with Crippen molar-refractivity contribution in [2.75, 3.05) is 46.5 Å². The van der Waals surface area contributed by atoms with Crippen molar-refractivity contribution < 1.29 is 0 Å². The van der Waals surface area contributed by atoms with Gasteiger partial charge in [-0.1, -0.05) is 13.8 Å². The van der Waals surface area contributed by atoms with E-state index < -0.39 is 0 Å². The van der Waals surface area contributed by atoms with Gasteiger partial charge in [0.2, 0.25) is 0 Å². The van der Waals surface area contributed by atoms with Gasteiger partial charge in [0, 0.05) is 56.5 Å². The average molecular weight is 353 g/mol. The average Bonchev–Trinajstić information content (AvgIpc) is 2.97. The van der Waals surface area contributed by atoms with Crippen LogP contribution in [0, 0.1) is 5.92 Å². The second-order valence-corrected chi connectivity index (χ2v) is 8.30. The Morgan fingerprint density at radius 3 is 2.79 bits per heavy atom. The molecule has 1 aliphatic rings. The second-order valence-electron chi connectivity index (χ2n) is 6.95. The molecule has 1 aromatic rings. The lowest BCUT2D eigenvalue weighted by atomic mass is 10.1. The van der Waals surface area contributed by atoms with Gasteiger partial charge in [-0.15, -0.1) is 0 Å². The van der Waals surface area contributed by atoms with Crippen molar-refractivity contribution >= 4 is 17.7 Å². The van der Waals surface area contributed by atoms with Crippen LogP contribution >= 0.6 is 11.8 Å². The predicted octanol–water partition coefficient (Wildman–Crippen LogP) is 1.67. The van der Waals surface area contributed by atoms with Crippen LogP contribution in [0.5, 0.6) is 0 Å². The Kier molecular flexibility index (Phi) is 6.98. The minimum Gasteiger partial charge on any atom is -0.354 e. The number of rotatable bonds is 5. The van der Waals surface area contributed by atoms with Crippen molar-refractivity contribution in [3.05, 3.63) is 18.0 Å². The molecule has 7 heteroatoms. The van der Waals surface area contributed by atoms with Crippen LogP contribution in [-0.4, -0.2) is 77.3 Å². The van der Waals surface area contributed by atoms with Gasteiger partial charge in [-0.3, -0.25) is 9.67 Å². The molecule has 2 atom stereocenters. The molecule has 1 fully saturated rings. The van der Waals surface area contributed by atoms with Crippen molar-refractivity contribution in [3.63, 3.8) is 0 Å². The predicted molar refractivity (Wildman–Crippen MR) is 104 cm³/mol. The number of hydrogen-bond donors (Lipinski definition) is 1. The Hall–Kier alpha value is -1.21. The largest absolute Gasteiger partial charge is 0.354 e. The zero-order valence-corrected chi connectivity index (χ0v) is 16.7. The molecule has 1 N–H and O–H groups in total. The van der Waals surface area contributed by atoms with E-state index in [-0.39, 0.29) is 6.04 Å². The number of hydrogen-bond acceptors (Lipinski definition) is 4. The number of guanidine groups is 1. The summed E-state index contributed by atoms with van der Waals surface area (Å²) in [4.78, 5) is 9.14. The van der Waals surface area contributed by atoms with Crippen molar-refractivity contribution in [1.82, 2.24) is 24.9 Å². The minimum absolute atomic E-state index is 0.274. The maximum absolute atomic E-state index is 4.52. The van der Waals surface area contributed by atoms with Gasteiger partial charge in [-0.25, -0.2) is 0 Å². The fourth-order valence-corrected chi connectivity index (χ4v) is 4.30. The monoisotopic (exact) mass is 352 g/mol. The third-order valence-corrected chi connectivity index (χ3v) is 6.07. The van der Waals surface area contributed by atoms with Crippen LogP contribution in [0.1, 0.15) is 25.5 Å². The van der Waals surface area contributed by atoms with E-state index in [1.54, 1.807) is 0 Å². The topological polar surface area (TPSA) is 48.7 Å². The maximum atomic E-state index is 4.52. The van der Waals surface area contributed by atoms with Crippen LogP contribution < -0.4 is 5.32 Å². The highest BCUT2D eigenvalue weighted by molar-refractivity contribution is 8.00. The molecule has 1 aromatic heterocycles. The standard InChI is InChI=1S/C17H32N6S/c1-13(2)16-12-23(7-8-24-16)17(18-3)19-10-15(21(4)5)14-9-20-22(6)11-14/h9,11,13,15-16H,7-8,10,12H2,1-6H3,(H,18,19). The van der Waals surface area contributed by atoms with E-state index in [9.17, 15) is 0 Å². The number of likely N-dealkylation sites (N-methyl/N-ethyl adjacent to an activating group) is 1. The molecule has 2 unspecified atom stereocenters. The molecule has 2 heterocycles. The smallest absolute Gasteiger partial charge is 0.193 e. The normalized spacial score (nSPS) is 20.8. The molecular weight excluding hydrogens is 320 g/mol. The number of aryl methyl sites for hydroxylation is 1. The fourth-order valence-electron chi connectivity index (χ4n) is 3.00. The fraction of sp³-hybridized carbons (Fsp3) is 0.765. The molecule has 0 saturated carbocycles. The molecule has 6 nitrogen and oxygen atoms in total. The first-order valence-corrected chi connectivity index (χ1v) is 9.69. The number of thioether (sulfide) groups is 1. The summed E-state index contributed by atoms with van der Waals surface area (Å²) in [5, 5.41) is 8.56. The summed E-state index contributed by atoms with van der Waals surface area (Å²) in [6.45, 7) is 7.57. The highest BCUT2D eigenvalue weighted by atomic mass is 32.2. The Balaban J connectivity index is 1.99. The first-order chi connectivity index (χ1) is 11.4. The lowest BCUT2D eigenvalue weighted by molar-refractivity contribution is 0.293. The number of nitrogens with zero attached hydrogens (tertiary/aromatic N) is 5. The molecule has 0 spiro atoms. The lowest BCUT2D eigenvalue weighted by Gasteiger charge is -2.37. The quantitative estimate of drug-likeness (QED) is 0.645. The first kappa shape index (κ1) is 19.1. The van der Waals surface area contributed by atoms with Gasteiger partial charge in [0.1, 0.15) is 0 Å². The molecule has 0 radical (unpaired) electrons. The zero-order valence-electron chi connectivity index (χ0n) is 15.9. The van der Waals surface area contributed by atoms with Crippen LogP contribution in [-0.2, 0) is 7.05 Å².